The zero-order valence-electron chi connectivity index (χ0n) is 20.9. The van der Waals surface area contributed by atoms with Gasteiger partial charge in [0, 0.05) is 6.54 Å². The summed E-state index contributed by atoms with van der Waals surface area (Å²) in [5.74, 6) is 0. The van der Waals surface area contributed by atoms with Crippen LogP contribution in [-0.4, -0.2) is 9.55 Å². The van der Waals surface area contributed by atoms with Crippen LogP contribution in [0.5, 0.6) is 0 Å². The van der Waals surface area contributed by atoms with Gasteiger partial charge in [-0.2, -0.15) is 0 Å². The lowest BCUT2D eigenvalue weighted by Gasteiger charge is -2.05. The first-order valence-corrected chi connectivity index (χ1v) is 13.9. The molecule has 33 heavy (non-hydrogen) atoms. The molecule has 0 unspecified atom stereocenters. The van der Waals surface area contributed by atoms with Crippen LogP contribution in [0.4, 0.5) is 0 Å². The van der Waals surface area contributed by atoms with Crippen LogP contribution in [-0.2, 0) is 13.0 Å². The molecule has 1 heterocycles. The van der Waals surface area contributed by atoms with E-state index in [2.05, 4.69) is 64.1 Å². The third-order valence-electron chi connectivity index (χ3n) is 6.98. The summed E-state index contributed by atoms with van der Waals surface area (Å²) in [4.78, 5) is 4.49. The lowest BCUT2D eigenvalue weighted by Crippen LogP contribution is -1.95. The number of nitrogens with zero attached hydrogens (tertiary/aromatic N) is 2. The molecule has 1 aromatic heterocycles. The molecule has 3 aromatic rings. The first-order chi connectivity index (χ1) is 16.4. The van der Waals surface area contributed by atoms with E-state index in [4.69, 9.17) is 0 Å². The van der Waals surface area contributed by atoms with E-state index in [0.29, 0.717) is 0 Å². The van der Waals surface area contributed by atoms with E-state index in [-0.39, 0.29) is 0 Å². The molecule has 2 aromatic carbocycles. The average molecular weight is 447 g/mol. The first kappa shape index (κ1) is 25.5. The van der Waals surface area contributed by atoms with Crippen molar-refractivity contribution in [1.29, 1.82) is 0 Å². The molecule has 0 bridgehead atoms. The number of benzene rings is 2. The van der Waals surface area contributed by atoms with Crippen molar-refractivity contribution in [3.05, 3.63) is 66.5 Å². The Hall–Kier alpha value is -2.09. The molecule has 2 nitrogen and oxygen atoms in total. The van der Waals surface area contributed by atoms with Gasteiger partial charge in [-0.3, -0.25) is 0 Å². The number of aromatic nitrogens is 2. The van der Waals surface area contributed by atoms with Crippen molar-refractivity contribution in [1.82, 2.24) is 9.55 Å². The van der Waals surface area contributed by atoms with Gasteiger partial charge in [-0.05, 0) is 37.0 Å². The van der Waals surface area contributed by atoms with Crippen molar-refractivity contribution in [2.45, 2.75) is 116 Å². The van der Waals surface area contributed by atoms with E-state index in [1.807, 2.05) is 6.33 Å². The number of para-hydroxylation sites is 2. The van der Waals surface area contributed by atoms with Crippen LogP contribution in [0.3, 0.4) is 0 Å². The van der Waals surface area contributed by atoms with Crippen molar-refractivity contribution >= 4 is 11.0 Å². The summed E-state index contributed by atoms with van der Waals surface area (Å²) in [6, 6.07) is 19.4. The Bertz CT molecular complexity index is 852. The molecule has 0 aliphatic heterocycles. The predicted octanol–water partition coefficient (Wildman–Crippen LogP) is 9.52. The summed E-state index contributed by atoms with van der Waals surface area (Å²) in [6.45, 7) is 1.11. The molecule has 0 fully saturated rings. The molecule has 0 N–H and O–H groups in total. The zero-order valence-corrected chi connectivity index (χ0v) is 20.9. The second kappa shape index (κ2) is 16.5. The van der Waals surface area contributed by atoms with E-state index in [1.54, 1.807) is 0 Å². The van der Waals surface area contributed by atoms with Gasteiger partial charge < -0.3 is 4.57 Å². The van der Waals surface area contributed by atoms with Crippen LogP contribution >= 0.6 is 0 Å². The summed E-state index contributed by atoms with van der Waals surface area (Å²) in [5, 5.41) is 0. The minimum absolute atomic E-state index is 1.11. The molecule has 0 spiro atoms. The van der Waals surface area contributed by atoms with Crippen molar-refractivity contribution in [2.75, 3.05) is 0 Å². The average Bonchev–Trinajstić information content (AvgIpc) is 3.27. The minimum Gasteiger partial charge on any atom is -0.331 e. The highest BCUT2D eigenvalue weighted by atomic mass is 15.0. The van der Waals surface area contributed by atoms with Crippen molar-refractivity contribution in [3.8, 4) is 0 Å². The van der Waals surface area contributed by atoms with E-state index >= 15 is 0 Å². The monoisotopic (exact) mass is 446 g/mol. The van der Waals surface area contributed by atoms with Crippen LogP contribution in [0.15, 0.2) is 60.9 Å². The van der Waals surface area contributed by atoms with Crippen molar-refractivity contribution in [3.63, 3.8) is 0 Å². The fraction of sp³-hybridized carbons (Fsp3) is 0.581. The molecule has 2 heteroatoms. The largest absolute Gasteiger partial charge is 0.331 e. The standard InChI is InChI=1S/C31H46N2/c1(3-5-7-9-11-13-16-22-29-23-17-15-18-24-29)2-4-6-8-10-12-14-21-27-33-28-32-30-25-19-20-26-31(30)33/h15,17-20,23-26,28H,1-14,16,21-22,27H2. The van der Waals surface area contributed by atoms with Gasteiger partial charge in [-0.15, -0.1) is 0 Å². The highest BCUT2D eigenvalue weighted by Gasteiger charge is 2.01. The number of hydrogen-bond acceptors (Lipinski definition) is 1. The molecular formula is C31H46N2. The first-order valence-electron chi connectivity index (χ1n) is 13.9. The number of fused-ring (bicyclic) bond motifs is 1. The zero-order chi connectivity index (χ0) is 22.8. The third kappa shape index (κ3) is 10.6. The van der Waals surface area contributed by atoms with Crippen molar-refractivity contribution in [2.24, 2.45) is 0 Å². The fourth-order valence-electron chi connectivity index (χ4n) is 4.92. The fourth-order valence-corrected chi connectivity index (χ4v) is 4.92. The van der Waals surface area contributed by atoms with E-state index < -0.39 is 0 Å². The van der Waals surface area contributed by atoms with E-state index in [1.165, 1.54) is 120 Å². The summed E-state index contributed by atoms with van der Waals surface area (Å²) in [5.41, 5.74) is 3.89. The highest BCUT2D eigenvalue weighted by molar-refractivity contribution is 5.74. The van der Waals surface area contributed by atoms with Gasteiger partial charge in [0.25, 0.3) is 0 Å². The van der Waals surface area contributed by atoms with Crippen LogP contribution in [0.2, 0.25) is 0 Å². The lowest BCUT2D eigenvalue weighted by molar-refractivity contribution is 0.521. The Balaban J connectivity index is 1.02. The van der Waals surface area contributed by atoms with Gasteiger partial charge in [0.1, 0.15) is 0 Å². The maximum Gasteiger partial charge on any atom is 0.0958 e. The molecule has 0 atom stereocenters. The Morgan fingerprint density at radius 2 is 0.970 bits per heavy atom. The van der Waals surface area contributed by atoms with E-state index in [9.17, 15) is 0 Å². The number of unbranched alkanes of at least 4 members (excludes halogenated alkanes) is 15. The molecule has 0 saturated carbocycles. The normalized spacial score (nSPS) is 11.4. The summed E-state index contributed by atoms with van der Waals surface area (Å²) < 4.78 is 2.31. The number of imidazole rings is 1. The number of aryl methyl sites for hydroxylation is 2. The second-order valence-corrected chi connectivity index (χ2v) is 9.82. The Morgan fingerprint density at radius 1 is 0.485 bits per heavy atom. The second-order valence-electron chi connectivity index (χ2n) is 9.82. The summed E-state index contributed by atoms with van der Waals surface area (Å²) >= 11 is 0. The molecular weight excluding hydrogens is 400 g/mol. The van der Waals surface area contributed by atoms with Crippen LogP contribution in [0, 0.1) is 0 Å². The van der Waals surface area contributed by atoms with Gasteiger partial charge in [0.05, 0.1) is 17.4 Å². The highest BCUT2D eigenvalue weighted by Crippen LogP contribution is 2.16. The van der Waals surface area contributed by atoms with Crippen LogP contribution in [0.25, 0.3) is 11.0 Å². The molecule has 3 rings (SSSR count). The minimum atomic E-state index is 1.11. The molecule has 180 valence electrons. The SMILES string of the molecule is c1ccc(CCCCCCCCCCCCCCCCCCn2cnc3ccccc32)cc1. The summed E-state index contributed by atoms with van der Waals surface area (Å²) in [7, 11) is 0. The molecule has 0 radical (unpaired) electrons. The van der Waals surface area contributed by atoms with E-state index in [0.717, 1.165) is 12.1 Å². The Morgan fingerprint density at radius 3 is 1.58 bits per heavy atom. The smallest absolute Gasteiger partial charge is 0.0958 e. The maximum absolute atomic E-state index is 4.49. The van der Waals surface area contributed by atoms with Gasteiger partial charge in [0.2, 0.25) is 0 Å². The van der Waals surface area contributed by atoms with Gasteiger partial charge in [-0.25, -0.2) is 4.98 Å². The van der Waals surface area contributed by atoms with Crippen molar-refractivity contribution < 1.29 is 0 Å². The number of hydrogen-bond donors (Lipinski definition) is 0. The van der Waals surface area contributed by atoms with Gasteiger partial charge >= 0.3 is 0 Å². The summed E-state index contributed by atoms with van der Waals surface area (Å²) in [6.07, 6.45) is 25.8. The Kier molecular flexibility index (Phi) is 12.8. The molecule has 0 aliphatic rings. The maximum atomic E-state index is 4.49. The Labute approximate surface area is 202 Å². The van der Waals surface area contributed by atoms with Crippen LogP contribution < -0.4 is 0 Å². The predicted molar refractivity (Wildman–Crippen MR) is 144 cm³/mol. The topological polar surface area (TPSA) is 17.8 Å². The lowest BCUT2D eigenvalue weighted by atomic mass is 10.0. The number of rotatable bonds is 19. The quantitative estimate of drug-likeness (QED) is 0.168. The third-order valence-corrected chi connectivity index (χ3v) is 6.98. The molecule has 0 aliphatic carbocycles. The molecule has 0 amide bonds. The van der Waals surface area contributed by atoms with Crippen LogP contribution in [0.1, 0.15) is 108 Å². The molecule has 0 saturated heterocycles. The van der Waals surface area contributed by atoms with Gasteiger partial charge in [-0.1, -0.05) is 132 Å². The van der Waals surface area contributed by atoms with Gasteiger partial charge in [0.15, 0.2) is 0 Å².